The Morgan fingerprint density at radius 3 is 2.82 bits per heavy atom. The van der Waals surface area contributed by atoms with Crippen LogP contribution in [0.1, 0.15) is 17.3 Å². The van der Waals surface area contributed by atoms with Crippen LogP contribution in [-0.2, 0) is 0 Å². The Morgan fingerprint density at radius 1 is 1.59 bits per heavy atom. The van der Waals surface area contributed by atoms with E-state index in [2.05, 4.69) is 15.9 Å². The van der Waals surface area contributed by atoms with E-state index in [0.717, 1.165) is 10.2 Å². The third kappa shape index (κ3) is 3.63. The Hall–Kier alpha value is -0.190. The van der Waals surface area contributed by atoms with E-state index in [1.54, 1.807) is 29.8 Å². The van der Waals surface area contributed by atoms with Crippen LogP contribution in [0.25, 0.3) is 0 Å². The lowest BCUT2D eigenvalue weighted by molar-refractivity contribution is 0.0757. The zero-order valence-electron chi connectivity index (χ0n) is 10.0. The number of benzene rings is 1. The minimum absolute atomic E-state index is 0.0437. The second-order valence-electron chi connectivity index (χ2n) is 3.82. The molecule has 0 aliphatic rings. The summed E-state index contributed by atoms with van der Waals surface area (Å²) < 4.78 is 0.746. The number of carbonyl (C=O) groups is 1. The van der Waals surface area contributed by atoms with Crippen LogP contribution >= 0.6 is 39.3 Å². The molecule has 1 aromatic rings. The molecular weight excluding hydrogens is 322 g/mol. The maximum atomic E-state index is 12.2. The van der Waals surface area contributed by atoms with Gasteiger partial charge in [-0.25, -0.2) is 0 Å². The van der Waals surface area contributed by atoms with Crippen molar-refractivity contribution in [1.29, 1.82) is 0 Å². The van der Waals surface area contributed by atoms with Crippen molar-refractivity contribution in [2.45, 2.75) is 13.0 Å². The van der Waals surface area contributed by atoms with Crippen molar-refractivity contribution in [1.82, 2.24) is 4.90 Å². The molecule has 0 aliphatic carbocycles. The molecule has 0 bridgehead atoms. The molecule has 0 saturated carbocycles. The second-order valence-corrected chi connectivity index (χ2v) is 5.96. The van der Waals surface area contributed by atoms with Crippen molar-refractivity contribution in [3.63, 3.8) is 0 Å². The maximum absolute atomic E-state index is 12.2. The average molecular weight is 337 g/mol. The number of rotatable bonds is 4. The van der Waals surface area contributed by atoms with Gasteiger partial charge in [0, 0.05) is 23.3 Å². The van der Waals surface area contributed by atoms with Crippen molar-refractivity contribution in [2.24, 2.45) is 0 Å². The molecular formula is C12H15BrClNOS. The predicted molar refractivity (Wildman–Crippen MR) is 79.1 cm³/mol. The lowest BCUT2D eigenvalue weighted by Crippen LogP contribution is -2.36. The average Bonchev–Trinajstić information content (AvgIpc) is 2.31. The largest absolute Gasteiger partial charge is 0.338 e. The Morgan fingerprint density at radius 2 is 2.24 bits per heavy atom. The molecule has 17 heavy (non-hydrogen) atoms. The molecule has 0 heterocycles. The molecule has 0 saturated heterocycles. The third-order valence-corrected chi connectivity index (χ3v) is 4.68. The first-order valence-corrected chi connectivity index (χ1v) is 7.75. The highest BCUT2D eigenvalue weighted by atomic mass is 79.9. The predicted octanol–water partition coefficient (Wildman–Crippen LogP) is 3.93. The third-order valence-electron chi connectivity index (χ3n) is 2.57. The van der Waals surface area contributed by atoms with Crippen molar-refractivity contribution in [3.05, 3.63) is 33.3 Å². The van der Waals surface area contributed by atoms with Crippen LogP contribution in [0.3, 0.4) is 0 Å². The fraction of sp³-hybridized carbons (Fsp3) is 0.417. The van der Waals surface area contributed by atoms with Gasteiger partial charge in [0.2, 0.25) is 0 Å². The number of thioether (sulfide) groups is 1. The van der Waals surface area contributed by atoms with Crippen LogP contribution in [0.4, 0.5) is 0 Å². The molecule has 0 aliphatic heterocycles. The van der Waals surface area contributed by atoms with Gasteiger partial charge in [-0.15, -0.1) is 0 Å². The summed E-state index contributed by atoms with van der Waals surface area (Å²) in [7, 11) is 1.81. The topological polar surface area (TPSA) is 20.3 Å². The van der Waals surface area contributed by atoms with Gasteiger partial charge in [-0.3, -0.25) is 4.79 Å². The molecule has 0 spiro atoms. The van der Waals surface area contributed by atoms with E-state index in [-0.39, 0.29) is 11.9 Å². The Balaban J connectivity index is 2.93. The van der Waals surface area contributed by atoms with Gasteiger partial charge < -0.3 is 4.90 Å². The van der Waals surface area contributed by atoms with Crippen molar-refractivity contribution in [3.8, 4) is 0 Å². The van der Waals surface area contributed by atoms with E-state index in [1.165, 1.54) is 0 Å². The van der Waals surface area contributed by atoms with Gasteiger partial charge in [-0.2, -0.15) is 11.8 Å². The van der Waals surface area contributed by atoms with Crippen LogP contribution in [0.5, 0.6) is 0 Å². The first-order valence-electron chi connectivity index (χ1n) is 5.19. The van der Waals surface area contributed by atoms with E-state index in [0.29, 0.717) is 10.6 Å². The molecule has 1 unspecified atom stereocenters. The summed E-state index contributed by atoms with van der Waals surface area (Å²) in [5.41, 5.74) is 0.538. The molecule has 1 atom stereocenters. The minimum atomic E-state index is -0.0437. The molecule has 2 nitrogen and oxygen atoms in total. The second kappa shape index (κ2) is 6.66. The number of carbonyl (C=O) groups excluding carboxylic acids is 1. The quantitative estimate of drug-likeness (QED) is 0.830. The van der Waals surface area contributed by atoms with E-state index in [9.17, 15) is 4.79 Å². The molecule has 5 heteroatoms. The first-order chi connectivity index (χ1) is 7.99. The summed E-state index contributed by atoms with van der Waals surface area (Å²) in [6.45, 7) is 2.03. The Labute approximate surface area is 120 Å². The highest BCUT2D eigenvalue weighted by molar-refractivity contribution is 9.10. The molecule has 1 aromatic carbocycles. The summed E-state index contributed by atoms with van der Waals surface area (Å²) in [6.07, 6.45) is 2.03. The zero-order valence-corrected chi connectivity index (χ0v) is 13.2. The van der Waals surface area contributed by atoms with Gasteiger partial charge in [0.05, 0.1) is 10.6 Å². The summed E-state index contributed by atoms with van der Waals surface area (Å²) in [6, 6.07) is 5.57. The summed E-state index contributed by atoms with van der Waals surface area (Å²) in [5.74, 6) is 0.867. The summed E-state index contributed by atoms with van der Waals surface area (Å²) >= 11 is 11.2. The highest BCUT2D eigenvalue weighted by Gasteiger charge is 2.20. The van der Waals surface area contributed by atoms with Crippen LogP contribution in [0, 0.1) is 0 Å². The van der Waals surface area contributed by atoms with Gasteiger partial charge in [0.15, 0.2) is 0 Å². The van der Waals surface area contributed by atoms with Gasteiger partial charge in [0.25, 0.3) is 5.91 Å². The first kappa shape index (κ1) is 14.9. The minimum Gasteiger partial charge on any atom is -0.338 e. The summed E-state index contributed by atoms with van der Waals surface area (Å²) in [5, 5.41) is 0.473. The van der Waals surface area contributed by atoms with Crippen molar-refractivity contribution in [2.75, 3.05) is 19.1 Å². The number of hydrogen-bond acceptors (Lipinski definition) is 2. The van der Waals surface area contributed by atoms with E-state index < -0.39 is 0 Å². The Bertz CT molecular complexity index is 413. The zero-order chi connectivity index (χ0) is 13.0. The van der Waals surface area contributed by atoms with Crippen LogP contribution < -0.4 is 0 Å². The van der Waals surface area contributed by atoms with Gasteiger partial charge >= 0.3 is 0 Å². The van der Waals surface area contributed by atoms with Crippen LogP contribution in [0.15, 0.2) is 22.7 Å². The van der Waals surface area contributed by atoms with Gasteiger partial charge in [0.1, 0.15) is 0 Å². The Kier molecular flexibility index (Phi) is 5.83. The standard InChI is InChI=1S/C12H15BrClNOS/c1-8(7-17-3)15(2)12(16)9-5-4-6-10(13)11(9)14/h4-6,8H,7H2,1-3H3. The van der Waals surface area contributed by atoms with E-state index in [4.69, 9.17) is 11.6 Å². The van der Waals surface area contributed by atoms with Gasteiger partial charge in [-0.1, -0.05) is 17.7 Å². The number of nitrogens with zero attached hydrogens (tertiary/aromatic N) is 1. The summed E-state index contributed by atoms with van der Waals surface area (Å²) in [4.78, 5) is 14.0. The monoisotopic (exact) mass is 335 g/mol. The normalized spacial score (nSPS) is 12.3. The molecule has 0 aromatic heterocycles. The van der Waals surface area contributed by atoms with E-state index in [1.807, 2.05) is 25.3 Å². The highest BCUT2D eigenvalue weighted by Crippen LogP contribution is 2.27. The number of amides is 1. The number of hydrogen-bond donors (Lipinski definition) is 0. The lowest BCUT2D eigenvalue weighted by Gasteiger charge is -2.24. The maximum Gasteiger partial charge on any atom is 0.255 e. The van der Waals surface area contributed by atoms with E-state index >= 15 is 0 Å². The molecule has 0 radical (unpaired) electrons. The fourth-order valence-corrected chi connectivity index (χ4v) is 2.69. The molecule has 0 N–H and O–H groups in total. The van der Waals surface area contributed by atoms with Gasteiger partial charge in [-0.05, 0) is 41.2 Å². The molecule has 1 rings (SSSR count). The van der Waals surface area contributed by atoms with Crippen molar-refractivity contribution >= 4 is 45.2 Å². The fourth-order valence-electron chi connectivity index (χ4n) is 1.41. The number of halogens is 2. The smallest absolute Gasteiger partial charge is 0.255 e. The lowest BCUT2D eigenvalue weighted by atomic mass is 10.2. The van der Waals surface area contributed by atoms with Crippen molar-refractivity contribution < 1.29 is 4.79 Å². The molecule has 94 valence electrons. The molecule has 1 amide bonds. The van der Waals surface area contributed by atoms with Crippen LogP contribution in [0.2, 0.25) is 5.02 Å². The SMILES string of the molecule is CSCC(C)N(C)C(=O)c1cccc(Br)c1Cl. The molecule has 0 fully saturated rings. The van der Waals surface area contributed by atoms with Crippen LogP contribution in [-0.4, -0.2) is 35.9 Å².